The van der Waals surface area contributed by atoms with Crippen LogP contribution in [0, 0.1) is 5.92 Å². The fourth-order valence-corrected chi connectivity index (χ4v) is 2.77. The van der Waals surface area contributed by atoms with Gasteiger partial charge in [0.2, 0.25) is 0 Å². The molecule has 1 fully saturated rings. The van der Waals surface area contributed by atoms with Gasteiger partial charge >= 0.3 is 0 Å². The van der Waals surface area contributed by atoms with Crippen molar-refractivity contribution in [1.29, 1.82) is 0 Å². The highest BCUT2D eigenvalue weighted by molar-refractivity contribution is 9.10. The Morgan fingerprint density at radius 1 is 1.44 bits per heavy atom. The predicted molar refractivity (Wildman–Crippen MR) is 74.3 cm³/mol. The summed E-state index contributed by atoms with van der Waals surface area (Å²) in [6.07, 6.45) is 2.80. The van der Waals surface area contributed by atoms with E-state index in [4.69, 9.17) is 11.6 Å². The molecule has 3 heteroatoms. The average Bonchev–Trinajstić information content (AvgIpc) is 3.09. The second kappa shape index (κ2) is 5.42. The van der Waals surface area contributed by atoms with Crippen LogP contribution in [0.4, 0.5) is 5.69 Å². The molecule has 1 nitrogen and oxygen atoms in total. The Bertz CT molecular complexity index is 363. The van der Waals surface area contributed by atoms with Crippen LogP contribution in [0.1, 0.15) is 25.3 Å². The van der Waals surface area contributed by atoms with E-state index in [1.807, 2.05) is 0 Å². The molecule has 16 heavy (non-hydrogen) atoms. The Morgan fingerprint density at radius 2 is 2.19 bits per heavy atom. The third kappa shape index (κ3) is 2.92. The number of hydrogen-bond donors (Lipinski definition) is 0. The maximum Gasteiger partial charge on any atom is 0.0485 e. The summed E-state index contributed by atoms with van der Waals surface area (Å²) >= 11 is 9.42. The molecule has 0 aromatic heterocycles. The first-order chi connectivity index (χ1) is 7.74. The van der Waals surface area contributed by atoms with Crippen LogP contribution in [-0.2, 0) is 5.88 Å². The van der Waals surface area contributed by atoms with Gasteiger partial charge in [0.05, 0.1) is 0 Å². The van der Waals surface area contributed by atoms with Crippen molar-refractivity contribution < 1.29 is 0 Å². The highest BCUT2D eigenvalue weighted by Crippen LogP contribution is 2.32. The SMILES string of the molecule is CCN(CC1CC1)c1ccc(CCl)c(Br)c1. The van der Waals surface area contributed by atoms with Crippen LogP contribution in [0.5, 0.6) is 0 Å². The van der Waals surface area contributed by atoms with Gasteiger partial charge in [-0.15, -0.1) is 11.6 Å². The van der Waals surface area contributed by atoms with Crippen molar-refractivity contribution in [2.75, 3.05) is 18.0 Å². The van der Waals surface area contributed by atoms with Gasteiger partial charge in [0.1, 0.15) is 0 Å². The smallest absolute Gasteiger partial charge is 0.0485 e. The Hall–Kier alpha value is -0.210. The normalized spacial score (nSPS) is 15.2. The fraction of sp³-hybridized carbons (Fsp3) is 0.538. The molecule has 0 N–H and O–H groups in total. The fourth-order valence-electron chi connectivity index (χ4n) is 1.87. The maximum atomic E-state index is 5.85. The Morgan fingerprint density at radius 3 is 2.69 bits per heavy atom. The van der Waals surface area contributed by atoms with E-state index >= 15 is 0 Å². The first-order valence-electron chi connectivity index (χ1n) is 5.84. The van der Waals surface area contributed by atoms with Crippen molar-refractivity contribution in [2.24, 2.45) is 5.92 Å². The minimum atomic E-state index is 0.565. The summed E-state index contributed by atoms with van der Waals surface area (Å²) < 4.78 is 1.12. The molecular formula is C13H17BrClN. The van der Waals surface area contributed by atoms with Crippen molar-refractivity contribution in [3.8, 4) is 0 Å². The van der Waals surface area contributed by atoms with E-state index < -0.39 is 0 Å². The number of alkyl halides is 1. The third-order valence-corrected chi connectivity index (χ3v) is 4.13. The molecule has 0 heterocycles. The van der Waals surface area contributed by atoms with Gasteiger partial charge in [0, 0.05) is 29.1 Å². The van der Waals surface area contributed by atoms with Gasteiger partial charge in [-0.3, -0.25) is 0 Å². The molecule has 1 saturated carbocycles. The van der Waals surface area contributed by atoms with Gasteiger partial charge in [-0.2, -0.15) is 0 Å². The van der Waals surface area contributed by atoms with Crippen molar-refractivity contribution in [3.05, 3.63) is 28.2 Å². The Labute approximate surface area is 111 Å². The van der Waals surface area contributed by atoms with Crippen LogP contribution in [0.25, 0.3) is 0 Å². The molecule has 1 aromatic carbocycles. The van der Waals surface area contributed by atoms with E-state index in [9.17, 15) is 0 Å². The standard InChI is InChI=1S/C13H17BrClN/c1-2-16(9-10-3-4-10)12-6-5-11(8-15)13(14)7-12/h5-7,10H,2-4,8-9H2,1H3. The number of rotatable bonds is 5. The van der Waals surface area contributed by atoms with E-state index in [-0.39, 0.29) is 0 Å². The molecule has 2 rings (SSSR count). The minimum Gasteiger partial charge on any atom is -0.372 e. The lowest BCUT2D eigenvalue weighted by Gasteiger charge is -2.23. The summed E-state index contributed by atoms with van der Waals surface area (Å²) in [5, 5.41) is 0. The van der Waals surface area contributed by atoms with Crippen LogP contribution in [-0.4, -0.2) is 13.1 Å². The molecule has 88 valence electrons. The number of anilines is 1. The summed E-state index contributed by atoms with van der Waals surface area (Å²) in [5.74, 6) is 1.49. The van der Waals surface area contributed by atoms with E-state index in [1.54, 1.807) is 0 Å². The van der Waals surface area contributed by atoms with Gasteiger partial charge in [0.25, 0.3) is 0 Å². The third-order valence-electron chi connectivity index (χ3n) is 3.10. The largest absolute Gasteiger partial charge is 0.372 e. The van der Waals surface area contributed by atoms with Gasteiger partial charge in [-0.1, -0.05) is 22.0 Å². The summed E-state index contributed by atoms with van der Waals surface area (Å²) in [7, 11) is 0. The molecule has 1 aliphatic carbocycles. The zero-order valence-corrected chi connectivity index (χ0v) is 11.9. The molecule has 0 atom stereocenters. The van der Waals surface area contributed by atoms with Crippen molar-refractivity contribution >= 4 is 33.2 Å². The van der Waals surface area contributed by atoms with E-state index in [0.717, 1.165) is 22.5 Å². The zero-order chi connectivity index (χ0) is 11.5. The Balaban J connectivity index is 2.13. The van der Waals surface area contributed by atoms with Crippen molar-refractivity contribution in [3.63, 3.8) is 0 Å². The molecule has 1 aliphatic rings. The van der Waals surface area contributed by atoms with Crippen molar-refractivity contribution in [1.82, 2.24) is 0 Å². The summed E-state index contributed by atoms with van der Waals surface area (Å²) in [6.45, 7) is 4.48. The summed E-state index contributed by atoms with van der Waals surface area (Å²) in [4.78, 5) is 2.44. The number of benzene rings is 1. The molecule has 1 aromatic rings. The minimum absolute atomic E-state index is 0.565. The van der Waals surface area contributed by atoms with Gasteiger partial charge in [0.15, 0.2) is 0 Å². The molecule has 0 spiro atoms. The van der Waals surface area contributed by atoms with E-state index in [2.05, 4.69) is 46.0 Å². The molecule has 0 bridgehead atoms. The quantitative estimate of drug-likeness (QED) is 0.728. The van der Waals surface area contributed by atoms with Crippen LogP contribution in [0.15, 0.2) is 22.7 Å². The van der Waals surface area contributed by atoms with E-state index in [1.165, 1.54) is 25.1 Å². The molecule has 0 radical (unpaired) electrons. The number of hydrogen-bond acceptors (Lipinski definition) is 1. The second-order valence-corrected chi connectivity index (χ2v) is 5.51. The van der Waals surface area contributed by atoms with Crippen LogP contribution in [0.3, 0.4) is 0 Å². The first kappa shape index (κ1) is 12.3. The molecule has 0 unspecified atom stereocenters. The Kier molecular flexibility index (Phi) is 4.15. The molecule has 0 aliphatic heterocycles. The second-order valence-electron chi connectivity index (χ2n) is 4.39. The van der Waals surface area contributed by atoms with Crippen LogP contribution >= 0.6 is 27.5 Å². The summed E-state index contributed by atoms with van der Waals surface area (Å²) in [5.41, 5.74) is 2.46. The van der Waals surface area contributed by atoms with Crippen LogP contribution < -0.4 is 4.90 Å². The molecular weight excluding hydrogens is 286 g/mol. The molecule has 0 saturated heterocycles. The van der Waals surface area contributed by atoms with Gasteiger partial charge < -0.3 is 4.90 Å². The lowest BCUT2D eigenvalue weighted by atomic mass is 10.2. The average molecular weight is 303 g/mol. The van der Waals surface area contributed by atoms with Crippen LogP contribution in [0.2, 0.25) is 0 Å². The predicted octanol–water partition coefficient (Wildman–Crippen LogP) is 4.42. The number of nitrogens with zero attached hydrogens (tertiary/aromatic N) is 1. The maximum absolute atomic E-state index is 5.85. The van der Waals surface area contributed by atoms with Gasteiger partial charge in [-0.25, -0.2) is 0 Å². The monoisotopic (exact) mass is 301 g/mol. The van der Waals surface area contributed by atoms with Gasteiger partial charge in [-0.05, 0) is 43.4 Å². The lowest BCUT2D eigenvalue weighted by Crippen LogP contribution is -2.25. The highest BCUT2D eigenvalue weighted by atomic mass is 79.9. The van der Waals surface area contributed by atoms with Crippen molar-refractivity contribution in [2.45, 2.75) is 25.6 Å². The first-order valence-corrected chi connectivity index (χ1v) is 7.16. The molecule has 0 amide bonds. The van der Waals surface area contributed by atoms with E-state index in [0.29, 0.717) is 5.88 Å². The highest BCUT2D eigenvalue weighted by Gasteiger charge is 2.23. The number of halogens is 2. The summed E-state index contributed by atoms with van der Waals surface area (Å²) in [6, 6.07) is 6.47. The topological polar surface area (TPSA) is 3.24 Å². The lowest BCUT2D eigenvalue weighted by molar-refractivity contribution is 0.742. The zero-order valence-electron chi connectivity index (χ0n) is 9.55.